The highest BCUT2D eigenvalue weighted by Crippen LogP contribution is 2.15. The number of rotatable bonds is 3. The molecule has 0 fully saturated rings. The maximum atomic E-state index is 8.63. The van der Waals surface area contributed by atoms with Gasteiger partial charge in [-0.1, -0.05) is 36.4 Å². The largest absolute Gasteiger partial charge is 0.381 e. The minimum Gasteiger partial charge on any atom is -0.381 e. The predicted octanol–water partition coefficient (Wildman–Crippen LogP) is 1.88. The summed E-state index contributed by atoms with van der Waals surface area (Å²) >= 11 is 0. The lowest BCUT2D eigenvalue weighted by Crippen LogP contribution is -2.13. The Bertz CT molecular complexity index is 425. The lowest BCUT2D eigenvalue weighted by Gasteiger charge is -2.03. The number of hydrogen-bond donors (Lipinski definition) is 2. The van der Waals surface area contributed by atoms with Gasteiger partial charge in [-0.05, 0) is 22.4 Å². The van der Waals surface area contributed by atoms with Gasteiger partial charge in [0.15, 0.2) is 0 Å². The van der Waals surface area contributed by atoms with Gasteiger partial charge in [-0.25, -0.2) is 0 Å². The number of aliphatic hydroxyl groups is 1. The van der Waals surface area contributed by atoms with Crippen LogP contribution in [0.5, 0.6) is 0 Å². The van der Waals surface area contributed by atoms with Crippen molar-refractivity contribution in [2.24, 2.45) is 0 Å². The molecule has 0 heterocycles. The normalized spacial score (nSPS) is 10.6. The number of benzene rings is 2. The lowest BCUT2D eigenvalue weighted by molar-refractivity contribution is 0.259. The van der Waals surface area contributed by atoms with E-state index in [2.05, 4.69) is 35.6 Å². The molecule has 2 aromatic carbocycles. The summed E-state index contributed by atoms with van der Waals surface area (Å²) in [4.78, 5) is 0. The molecule has 0 radical (unpaired) electrons. The van der Waals surface area contributed by atoms with Gasteiger partial charge in [0.2, 0.25) is 0 Å². The zero-order valence-electron chi connectivity index (χ0n) is 7.90. The highest BCUT2D eigenvalue weighted by Gasteiger charge is 1.94. The van der Waals surface area contributed by atoms with Gasteiger partial charge in [0, 0.05) is 6.54 Å². The van der Waals surface area contributed by atoms with Crippen LogP contribution in [0.3, 0.4) is 0 Å². The fourth-order valence-electron chi connectivity index (χ4n) is 1.55. The highest BCUT2D eigenvalue weighted by molar-refractivity contribution is 5.82. The van der Waals surface area contributed by atoms with Crippen LogP contribution < -0.4 is 5.32 Å². The van der Waals surface area contributed by atoms with Gasteiger partial charge in [-0.15, -0.1) is 0 Å². The molecule has 14 heavy (non-hydrogen) atoms. The minimum atomic E-state index is 0.0207. The smallest absolute Gasteiger partial charge is 0.0934 e. The van der Waals surface area contributed by atoms with E-state index >= 15 is 0 Å². The summed E-state index contributed by atoms with van der Waals surface area (Å²) < 4.78 is 0. The van der Waals surface area contributed by atoms with Crippen molar-refractivity contribution in [3.63, 3.8) is 0 Å². The Labute approximate surface area is 83.2 Å². The molecule has 0 aliphatic heterocycles. The second kappa shape index (κ2) is 4.22. The maximum Gasteiger partial charge on any atom is 0.0934 e. The van der Waals surface area contributed by atoms with Crippen molar-refractivity contribution in [3.05, 3.63) is 48.0 Å². The molecule has 0 amide bonds. The van der Waals surface area contributed by atoms with E-state index in [1.54, 1.807) is 0 Å². The van der Waals surface area contributed by atoms with Crippen molar-refractivity contribution in [3.8, 4) is 0 Å². The summed E-state index contributed by atoms with van der Waals surface area (Å²) in [6, 6.07) is 14.6. The molecule has 0 saturated carbocycles. The lowest BCUT2D eigenvalue weighted by atomic mass is 10.1. The second-order valence-electron chi connectivity index (χ2n) is 3.27. The van der Waals surface area contributed by atoms with Gasteiger partial charge < -0.3 is 5.11 Å². The van der Waals surface area contributed by atoms with Crippen LogP contribution in [0.1, 0.15) is 5.56 Å². The van der Waals surface area contributed by atoms with Crippen LogP contribution in [0.2, 0.25) is 0 Å². The molecule has 0 aliphatic carbocycles. The molecular formula is C12H13NO. The third-order valence-electron chi connectivity index (χ3n) is 2.25. The van der Waals surface area contributed by atoms with Gasteiger partial charge in [0.05, 0.1) is 6.73 Å². The maximum absolute atomic E-state index is 8.63. The summed E-state index contributed by atoms with van der Waals surface area (Å²) in [6.07, 6.45) is 0. The van der Waals surface area contributed by atoms with E-state index in [-0.39, 0.29) is 6.73 Å². The van der Waals surface area contributed by atoms with E-state index in [9.17, 15) is 0 Å². The Balaban J connectivity index is 2.32. The van der Waals surface area contributed by atoms with Crippen LogP contribution in [-0.4, -0.2) is 11.8 Å². The minimum absolute atomic E-state index is 0.0207. The van der Waals surface area contributed by atoms with Crippen molar-refractivity contribution in [2.75, 3.05) is 6.73 Å². The van der Waals surface area contributed by atoms with Gasteiger partial charge in [-0.3, -0.25) is 5.32 Å². The van der Waals surface area contributed by atoms with Crippen molar-refractivity contribution in [1.82, 2.24) is 5.32 Å². The summed E-state index contributed by atoms with van der Waals surface area (Å²) in [5.74, 6) is 0. The third-order valence-corrected chi connectivity index (χ3v) is 2.25. The number of hydrogen-bond acceptors (Lipinski definition) is 2. The van der Waals surface area contributed by atoms with E-state index in [4.69, 9.17) is 5.11 Å². The van der Waals surface area contributed by atoms with Gasteiger partial charge in [0.25, 0.3) is 0 Å². The first-order valence-electron chi connectivity index (χ1n) is 4.69. The Morgan fingerprint density at radius 1 is 1.00 bits per heavy atom. The Morgan fingerprint density at radius 3 is 2.57 bits per heavy atom. The number of nitrogens with one attached hydrogen (secondary N) is 1. The molecule has 0 unspecified atom stereocenters. The highest BCUT2D eigenvalue weighted by atomic mass is 16.3. The summed E-state index contributed by atoms with van der Waals surface area (Å²) in [5.41, 5.74) is 1.19. The average molecular weight is 187 g/mol. The molecule has 0 aliphatic rings. The molecule has 72 valence electrons. The Morgan fingerprint density at radius 2 is 1.79 bits per heavy atom. The topological polar surface area (TPSA) is 32.3 Å². The molecule has 0 spiro atoms. The Kier molecular flexibility index (Phi) is 2.77. The monoisotopic (exact) mass is 187 g/mol. The van der Waals surface area contributed by atoms with Crippen LogP contribution in [0.25, 0.3) is 10.8 Å². The van der Waals surface area contributed by atoms with Crippen LogP contribution >= 0.6 is 0 Å². The quantitative estimate of drug-likeness (QED) is 0.719. The van der Waals surface area contributed by atoms with E-state index in [1.807, 2.05) is 12.1 Å². The SMILES string of the molecule is OCNCc1ccc2ccccc2c1. The second-order valence-corrected chi connectivity index (χ2v) is 3.27. The fraction of sp³-hybridized carbons (Fsp3) is 0.167. The number of fused-ring (bicyclic) bond motifs is 1. The number of aliphatic hydroxyl groups excluding tert-OH is 1. The predicted molar refractivity (Wildman–Crippen MR) is 57.9 cm³/mol. The molecule has 2 N–H and O–H groups in total. The van der Waals surface area contributed by atoms with Gasteiger partial charge in [-0.2, -0.15) is 0 Å². The molecule has 2 rings (SSSR count). The van der Waals surface area contributed by atoms with E-state index < -0.39 is 0 Å². The van der Waals surface area contributed by atoms with Crippen molar-refractivity contribution in [2.45, 2.75) is 6.54 Å². The zero-order chi connectivity index (χ0) is 9.80. The van der Waals surface area contributed by atoms with Gasteiger partial charge >= 0.3 is 0 Å². The summed E-state index contributed by atoms with van der Waals surface area (Å²) in [5, 5.41) is 14.0. The zero-order valence-corrected chi connectivity index (χ0v) is 7.90. The first-order chi connectivity index (χ1) is 6.90. The van der Waals surface area contributed by atoms with E-state index in [0.717, 1.165) is 0 Å². The van der Waals surface area contributed by atoms with Crippen LogP contribution in [-0.2, 0) is 6.54 Å². The molecule has 2 nitrogen and oxygen atoms in total. The molecule has 2 aromatic rings. The molecule has 0 saturated heterocycles. The van der Waals surface area contributed by atoms with Crippen LogP contribution in [0.15, 0.2) is 42.5 Å². The molecule has 0 bridgehead atoms. The standard InChI is InChI=1S/C12H13NO/c14-9-13-8-10-5-6-11-3-1-2-4-12(11)7-10/h1-7,13-14H,8-9H2. The molecule has 0 atom stereocenters. The first kappa shape index (κ1) is 9.19. The van der Waals surface area contributed by atoms with E-state index in [0.29, 0.717) is 6.54 Å². The van der Waals surface area contributed by atoms with Crippen molar-refractivity contribution in [1.29, 1.82) is 0 Å². The first-order valence-corrected chi connectivity index (χ1v) is 4.69. The van der Waals surface area contributed by atoms with Crippen LogP contribution in [0, 0.1) is 0 Å². The molecule has 2 heteroatoms. The summed E-state index contributed by atoms with van der Waals surface area (Å²) in [6.45, 7) is 0.730. The van der Waals surface area contributed by atoms with Crippen molar-refractivity contribution < 1.29 is 5.11 Å². The molecular weight excluding hydrogens is 174 g/mol. The summed E-state index contributed by atoms with van der Waals surface area (Å²) in [7, 11) is 0. The molecule has 0 aromatic heterocycles. The van der Waals surface area contributed by atoms with E-state index in [1.165, 1.54) is 16.3 Å². The van der Waals surface area contributed by atoms with Crippen molar-refractivity contribution >= 4 is 10.8 Å². The fourth-order valence-corrected chi connectivity index (χ4v) is 1.55. The Hall–Kier alpha value is -1.38. The van der Waals surface area contributed by atoms with Gasteiger partial charge in [0.1, 0.15) is 0 Å². The van der Waals surface area contributed by atoms with Crippen LogP contribution in [0.4, 0.5) is 0 Å². The third kappa shape index (κ3) is 1.92. The average Bonchev–Trinajstić information content (AvgIpc) is 2.26.